The molecule has 6 heteroatoms. The van der Waals surface area contributed by atoms with Crippen molar-refractivity contribution in [2.75, 3.05) is 6.54 Å². The maximum atomic E-state index is 11.4. The summed E-state index contributed by atoms with van der Waals surface area (Å²) in [5.41, 5.74) is 7.10. The van der Waals surface area contributed by atoms with Gasteiger partial charge in [-0.3, -0.25) is 9.78 Å². The number of rotatable bonds is 6. The Bertz CT molecular complexity index is 1120. The molecule has 0 saturated carbocycles. The monoisotopic (exact) mass is 384 g/mol. The molecule has 29 heavy (non-hydrogen) atoms. The third-order valence-electron chi connectivity index (χ3n) is 4.80. The highest BCUT2D eigenvalue weighted by molar-refractivity contribution is 6.07. The lowest BCUT2D eigenvalue weighted by Crippen LogP contribution is -2.04. The SMILES string of the molecule is Cc1cc(OCc2ccc(-c3ccccc3C3=NN=NC3)cc2)c(C=O)c(C)n1. The minimum atomic E-state index is 0.371. The number of benzene rings is 2. The molecule has 0 bridgehead atoms. The Hall–Kier alpha value is -3.67. The van der Waals surface area contributed by atoms with Gasteiger partial charge in [0.25, 0.3) is 0 Å². The number of nitrogens with zero attached hydrogens (tertiary/aromatic N) is 4. The minimum absolute atomic E-state index is 0.371. The number of carbonyl (C=O) groups excluding carboxylic acids is 1. The molecule has 144 valence electrons. The number of pyridine rings is 1. The van der Waals surface area contributed by atoms with Crippen LogP contribution in [0.1, 0.15) is 32.9 Å². The van der Waals surface area contributed by atoms with Crippen LogP contribution in [-0.2, 0) is 6.61 Å². The van der Waals surface area contributed by atoms with Gasteiger partial charge in [-0.1, -0.05) is 48.5 Å². The largest absolute Gasteiger partial charge is 0.488 e. The van der Waals surface area contributed by atoms with Gasteiger partial charge in [-0.05, 0) is 35.8 Å². The predicted molar refractivity (Wildman–Crippen MR) is 112 cm³/mol. The van der Waals surface area contributed by atoms with Gasteiger partial charge in [0.2, 0.25) is 0 Å². The third-order valence-corrected chi connectivity index (χ3v) is 4.80. The number of ether oxygens (including phenoxy) is 1. The molecular formula is C23H20N4O2. The number of hydrogen-bond acceptors (Lipinski definition) is 6. The normalized spacial score (nSPS) is 12.7. The topological polar surface area (TPSA) is 76.3 Å². The molecule has 1 aliphatic rings. The average Bonchev–Trinajstić information content (AvgIpc) is 3.27. The van der Waals surface area contributed by atoms with Crippen molar-refractivity contribution in [3.8, 4) is 16.9 Å². The quantitative estimate of drug-likeness (QED) is 0.566. The summed E-state index contributed by atoms with van der Waals surface area (Å²) in [5.74, 6) is 0.561. The second-order valence-electron chi connectivity index (χ2n) is 6.85. The molecule has 0 N–H and O–H groups in total. The van der Waals surface area contributed by atoms with E-state index in [1.54, 1.807) is 6.07 Å². The Balaban J connectivity index is 1.54. The van der Waals surface area contributed by atoms with Crippen LogP contribution in [0, 0.1) is 13.8 Å². The van der Waals surface area contributed by atoms with E-state index < -0.39 is 0 Å². The number of carbonyl (C=O) groups is 1. The number of aromatic nitrogens is 1. The lowest BCUT2D eigenvalue weighted by Gasteiger charge is -2.12. The van der Waals surface area contributed by atoms with E-state index in [0.29, 0.717) is 30.2 Å². The van der Waals surface area contributed by atoms with Crippen LogP contribution < -0.4 is 4.74 Å². The lowest BCUT2D eigenvalue weighted by molar-refractivity contribution is 0.111. The lowest BCUT2D eigenvalue weighted by atomic mass is 9.96. The Labute approximate surface area is 169 Å². The fourth-order valence-corrected chi connectivity index (χ4v) is 3.35. The van der Waals surface area contributed by atoms with Gasteiger partial charge in [0, 0.05) is 17.3 Å². The van der Waals surface area contributed by atoms with Crippen molar-refractivity contribution in [3.63, 3.8) is 0 Å². The van der Waals surface area contributed by atoms with E-state index in [1.165, 1.54) is 0 Å². The number of hydrogen-bond donors (Lipinski definition) is 0. The maximum Gasteiger partial charge on any atom is 0.155 e. The second kappa shape index (κ2) is 8.14. The Kier molecular flexibility index (Phi) is 5.24. The van der Waals surface area contributed by atoms with Crippen LogP contribution in [-0.4, -0.2) is 23.5 Å². The van der Waals surface area contributed by atoms with Crippen LogP contribution in [0.4, 0.5) is 0 Å². The summed E-state index contributed by atoms with van der Waals surface area (Å²) in [6, 6.07) is 18.1. The molecule has 0 unspecified atom stereocenters. The molecule has 2 heterocycles. The Morgan fingerprint density at radius 2 is 1.79 bits per heavy atom. The minimum Gasteiger partial charge on any atom is -0.488 e. The third kappa shape index (κ3) is 3.96. The molecule has 0 spiro atoms. The van der Waals surface area contributed by atoms with Crippen LogP contribution in [0.15, 0.2) is 70.0 Å². The highest BCUT2D eigenvalue weighted by Crippen LogP contribution is 2.27. The van der Waals surface area contributed by atoms with E-state index in [2.05, 4.69) is 38.6 Å². The second-order valence-corrected chi connectivity index (χ2v) is 6.85. The summed E-state index contributed by atoms with van der Waals surface area (Å²) < 4.78 is 5.91. The first-order valence-electron chi connectivity index (χ1n) is 9.34. The van der Waals surface area contributed by atoms with Crippen molar-refractivity contribution in [2.24, 2.45) is 15.4 Å². The number of aldehydes is 1. The molecule has 2 aromatic carbocycles. The summed E-state index contributed by atoms with van der Waals surface area (Å²) in [7, 11) is 0. The van der Waals surface area contributed by atoms with Crippen LogP contribution in [0.5, 0.6) is 5.75 Å². The smallest absolute Gasteiger partial charge is 0.155 e. The predicted octanol–water partition coefficient (Wildman–Crippen LogP) is 4.93. The van der Waals surface area contributed by atoms with Crippen molar-refractivity contribution < 1.29 is 9.53 Å². The van der Waals surface area contributed by atoms with Gasteiger partial charge < -0.3 is 4.74 Å². The zero-order chi connectivity index (χ0) is 20.2. The summed E-state index contributed by atoms with van der Waals surface area (Å²) in [6.45, 7) is 4.57. The highest BCUT2D eigenvalue weighted by Gasteiger charge is 2.13. The van der Waals surface area contributed by atoms with Crippen molar-refractivity contribution in [1.82, 2.24) is 4.98 Å². The number of aryl methyl sites for hydroxylation is 2. The first kappa shape index (κ1) is 18.7. The van der Waals surface area contributed by atoms with Gasteiger partial charge in [-0.15, -0.1) is 5.10 Å². The van der Waals surface area contributed by atoms with E-state index in [-0.39, 0.29) is 0 Å². The standard InChI is InChI=1S/C23H20N4O2/c1-15-11-23(21(13-28)16(2)25-15)29-14-17-7-9-18(10-8-17)19-5-3-4-6-20(19)22-12-24-27-26-22/h3-11,13H,12,14H2,1-2H3. The van der Waals surface area contributed by atoms with Gasteiger partial charge in [-0.2, -0.15) is 5.11 Å². The zero-order valence-electron chi connectivity index (χ0n) is 16.3. The van der Waals surface area contributed by atoms with Crippen LogP contribution in [0.2, 0.25) is 0 Å². The first-order valence-corrected chi connectivity index (χ1v) is 9.34. The fraction of sp³-hybridized carbons (Fsp3) is 0.174. The molecule has 4 rings (SSSR count). The molecule has 3 aromatic rings. The summed E-state index contributed by atoms with van der Waals surface area (Å²) in [5, 5.41) is 11.8. The molecule has 1 aromatic heterocycles. The highest BCUT2D eigenvalue weighted by atomic mass is 16.5. The van der Waals surface area contributed by atoms with Crippen LogP contribution in [0.3, 0.4) is 0 Å². The molecule has 0 aliphatic carbocycles. The molecule has 0 fully saturated rings. The average molecular weight is 384 g/mol. The molecular weight excluding hydrogens is 364 g/mol. The molecule has 6 nitrogen and oxygen atoms in total. The summed E-state index contributed by atoms with van der Waals surface area (Å²) in [6.07, 6.45) is 0.793. The van der Waals surface area contributed by atoms with Crippen molar-refractivity contribution in [3.05, 3.63) is 82.7 Å². The summed E-state index contributed by atoms with van der Waals surface area (Å²) >= 11 is 0. The van der Waals surface area contributed by atoms with E-state index in [9.17, 15) is 4.79 Å². The fourth-order valence-electron chi connectivity index (χ4n) is 3.35. The van der Waals surface area contributed by atoms with Gasteiger partial charge in [0.05, 0.1) is 17.0 Å². The van der Waals surface area contributed by atoms with Crippen LogP contribution >= 0.6 is 0 Å². The molecule has 0 atom stereocenters. The molecule has 0 amide bonds. The Morgan fingerprint density at radius 1 is 1.03 bits per heavy atom. The van der Waals surface area contributed by atoms with Crippen molar-refractivity contribution >= 4 is 12.0 Å². The summed E-state index contributed by atoms with van der Waals surface area (Å²) in [4.78, 5) is 15.7. The van der Waals surface area contributed by atoms with E-state index in [4.69, 9.17) is 4.74 Å². The van der Waals surface area contributed by atoms with E-state index in [0.717, 1.165) is 39.9 Å². The van der Waals surface area contributed by atoms with Gasteiger partial charge in [0.1, 0.15) is 18.9 Å². The van der Waals surface area contributed by atoms with E-state index >= 15 is 0 Å². The van der Waals surface area contributed by atoms with Crippen molar-refractivity contribution in [1.29, 1.82) is 0 Å². The van der Waals surface area contributed by atoms with Crippen LogP contribution in [0.25, 0.3) is 11.1 Å². The van der Waals surface area contributed by atoms with Gasteiger partial charge in [-0.25, -0.2) is 0 Å². The maximum absolute atomic E-state index is 11.4. The van der Waals surface area contributed by atoms with E-state index in [1.807, 2.05) is 44.2 Å². The molecule has 0 radical (unpaired) electrons. The van der Waals surface area contributed by atoms with Gasteiger partial charge in [0.15, 0.2) is 6.29 Å². The van der Waals surface area contributed by atoms with Crippen molar-refractivity contribution in [2.45, 2.75) is 20.5 Å². The first-order chi connectivity index (χ1) is 14.2. The molecule has 0 saturated heterocycles. The molecule has 1 aliphatic heterocycles. The zero-order valence-corrected chi connectivity index (χ0v) is 16.3. The Morgan fingerprint density at radius 3 is 2.48 bits per heavy atom. The van der Waals surface area contributed by atoms with Gasteiger partial charge >= 0.3 is 0 Å².